The third-order valence-electron chi connectivity index (χ3n) is 3.85. The monoisotopic (exact) mass is 428 g/mol. The van der Waals surface area contributed by atoms with Gasteiger partial charge in [0.1, 0.15) is 5.75 Å². The van der Waals surface area contributed by atoms with Crippen LogP contribution in [0.2, 0.25) is 0 Å². The van der Waals surface area contributed by atoms with Crippen molar-refractivity contribution in [3.63, 3.8) is 0 Å². The molecule has 0 fully saturated rings. The molecule has 3 rings (SSSR count). The molecule has 3 aromatic rings. The Hall–Kier alpha value is -3.15. The second-order valence-electron chi connectivity index (χ2n) is 5.92. The van der Waals surface area contributed by atoms with Gasteiger partial charge in [-0.05, 0) is 24.3 Å². The summed E-state index contributed by atoms with van der Waals surface area (Å²) in [6, 6.07) is 7.54. The standard InChI is InChI=1S/C17H15F3N4O4S/c1-27-14-8-11(15-22-23-16(28-15)17(18,19)20)5-6-12(14)10-24(29(2,25)26)13-4-3-7-21-9-13/h3-9H,10H2,1-2H3. The second kappa shape index (κ2) is 7.70. The molecule has 0 aliphatic heterocycles. The van der Waals surface area contributed by atoms with Crippen molar-refractivity contribution in [2.24, 2.45) is 0 Å². The molecular formula is C17H15F3N4O4S. The number of nitrogens with zero attached hydrogens (tertiary/aromatic N) is 4. The maximum absolute atomic E-state index is 12.7. The van der Waals surface area contributed by atoms with Crippen molar-refractivity contribution in [2.45, 2.75) is 12.7 Å². The molecule has 0 saturated heterocycles. The van der Waals surface area contributed by atoms with Crippen molar-refractivity contribution in [1.29, 1.82) is 0 Å². The van der Waals surface area contributed by atoms with Gasteiger partial charge in [-0.15, -0.1) is 10.2 Å². The minimum atomic E-state index is -4.75. The number of pyridine rings is 1. The zero-order valence-electron chi connectivity index (χ0n) is 15.2. The summed E-state index contributed by atoms with van der Waals surface area (Å²) in [7, 11) is -2.29. The van der Waals surface area contributed by atoms with Crippen LogP contribution in [0, 0.1) is 0 Å². The highest BCUT2D eigenvalue weighted by molar-refractivity contribution is 7.92. The summed E-state index contributed by atoms with van der Waals surface area (Å²) < 4.78 is 73.5. The summed E-state index contributed by atoms with van der Waals surface area (Å²) in [6.45, 7) is -0.0778. The number of benzene rings is 1. The van der Waals surface area contributed by atoms with Crippen LogP contribution in [0.1, 0.15) is 11.5 Å². The van der Waals surface area contributed by atoms with Crippen molar-refractivity contribution in [3.05, 3.63) is 54.2 Å². The number of hydrogen-bond donors (Lipinski definition) is 0. The summed E-state index contributed by atoms with van der Waals surface area (Å²) in [5.74, 6) is -1.56. The Balaban J connectivity index is 1.95. The second-order valence-corrected chi connectivity index (χ2v) is 7.82. The van der Waals surface area contributed by atoms with E-state index in [-0.39, 0.29) is 23.7 Å². The van der Waals surface area contributed by atoms with Gasteiger partial charge in [0.25, 0.3) is 0 Å². The number of aromatic nitrogens is 3. The predicted molar refractivity (Wildman–Crippen MR) is 96.6 cm³/mol. The van der Waals surface area contributed by atoms with Gasteiger partial charge >= 0.3 is 12.1 Å². The molecule has 12 heteroatoms. The SMILES string of the molecule is COc1cc(-c2nnc(C(F)(F)F)o2)ccc1CN(c1cccnc1)S(C)(=O)=O. The number of hydrogen-bond acceptors (Lipinski definition) is 7. The quantitative estimate of drug-likeness (QED) is 0.595. The van der Waals surface area contributed by atoms with Gasteiger partial charge in [0.2, 0.25) is 15.9 Å². The summed E-state index contributed by atoms with van der Waals surface area (Å²) >= 11 is 0. The van der Waals surface area contributed by atoms with Crippen molar-refractivity contribution < 1.29 is 30.7 Å². The first kappa shape index (κ1) is 20.6. The molecule has 0 N–H and O–H groups in total. The highest BCUT2D eigenvalue weighted by Gasteiger charge is 2.38. The third kappa shape index (κ3) is 4.65. The third-order valence-corrected chi connectivity index (χ3v) is 4.99. The van der Waals surface area contributed by atoms with E-state index in [9.17, 15) is 21.6 Å². The molecule has 2 heterocycles. The predicted octanol–water partition coefficient (Wildman–Crippen LogP) is 3.13. The Kier molecular flexibility index (Phi) is 5.46. The lowest BCUT2D eigenvalue weighted by Gasteiger charge is -2.23. The topological polar surface area (TPSA) is 98.4 Å². The van der Waals surface area contributed by atoms with Crippen LogP contribution in [-0.4, -0.2) is 37.0 Å². The van der Waals surface area contributed by atoms with Gasteiger partial charge in [-0.1, -0.05) is 6.07 Å². The first-order valence-electron chi connectivity index (χ1n) is 8.05. The average Bonchev–Trinajstić information content (AvgIpc) is 3.16. The number of anilines is 1. The molecular weight excluding hydrogens is 413 g/mol. The number of alkyl halides is 3. The van der Waals surface area contributed by atoms with Gasteiger partial charge in [0.05, 0.1) is 31.8 Å². The zero-order chi connectivity index (χ0) is 21.2. The van der Waals surface area contributed by atoms with E-state index in [4.69, 9.17) is 4.74 Å². The van der Waals surface area contributed by atoms with Crippen LogP contribution in [0.3, 0.4) is 0 Å². The fourth-order valence-corrected chi connectivity index (χ4v) is 3.38. The Morgan fingerprint density at radius 3 is 2.52 bits per heavy atom. The lowest BCUT2D eigenvalue weighted by molar-refractivity contribution is -0.156. The lowest BCUT2D eigenvalue weighted by Crippen LogP contribution is -2.29. The van der Waals surface area contributed by atoms with Crippen molar-refractivity contribution in [2.75, 3.05) is 17.7 Å². The molecule has 0 atom stereocenters. The molecule has 0 spiro atoms. The fraction of sp³-hybridized carbons (Fsp3) is 0.235. The van der Waals surface area contributed by atoms with E-state index < -0.39 is 22.1 Å². The normalized spacial score (nSPS) is 12.0. The minimum Gasteiger partial charge on any atom is -0.496 e. The number of rotatable bonds is 6. The van der Waals surface area contributed by atoms with Gasteiger partial charge in [0, 0.05) is 17.3 Å². The van der Waals surface area contributed by atoms with Crippen LogP contribution < -0.4 is 9.04 Å². The molecule has 0 radical (unpaired) electrons. The first-order chi connectivity index (χ1) is 13.6. The molecule has 1 aromatic carbocycles. The van der Waals surface area contributed by atoms with Gasteiger partial charge in [0.15, 0.2) is 0 Å². The highest BCUT2D eigenvalue weighted by Crippen LogP contribution is 2.33. The summed E-state index contributed by atoms with van der Waals surface area (Å²) in [5, 5.41) is 6.38. The zero-order valence-corrected chi connectivity index (χ0v) is 16.0. The molecule has 0 amide bonds. The Labute approximate surface area is 164 Å². The first-order valence-corrected chi connectivity index (χ1v) is 9.90. The molecule has 0 aliphatic carbocycles. The van der Waals surface area contributed by atoms with Crippen LogP contribution >= 0.6 is 0 Å². The van der Waals surface area contributed by atoms with Gasteiger partial charge in [-0.3, -0.25) is 9.29 Å². The van der Waals surface area contributed by atoms with E-state index in [1.807, 2.05) is 0 Å². The number of methoxy groups -OCH3 is 1. The molecule has 154 valence electrons. The number of ether oxygens (including phenoxy) is 1. The van der Waals surface area contributed by atoms with Gasteiger partial charge in [-0.25, -0.2) is 8.42 Å². The van der Waals surface area contributed by atoms with Crippen molar-refractivity contribution in [3.8, 4) is 17.2 Å². The van der Waals surface area contributed by atoms with E-state index >= 15 is 0 Å². The van der Waals surface area contributed by atoms with Crippen molar-refractivity contribution in [1.82, 2.24) is 15.2 Å². The minimum absolute atomic E-state index is 0.0778. The summed E-state index contributed by atoms with van der Waals surface area (Å²) in [4.78, 5) is 3.92. The van der Waals surface area contributed by atoms with Crippen LogP contribution in [0.4, 0.5) is 18.9 Å². The van der Waals surface area contributed by atoms with E-state index in [2.05, 4.69) is 19.6 Å². The Bertz CT molecular complexity index is 1100. The maximum atomic E-state index is 12.7. The molecule has 29 heavy (non-hydrogen) atoms. The molecule has 0 aliphatic rings. The van der Waals surface area contributed by atoms with Crippen molar-refractivity contribution >= 4 is 15.7 Å². The highest BCUT2D eigenvalue weighted by atomic mass is 32.2. The van der Waals surface area contributed by atoms with E-state index in [1.54, 1.807) is 12.1 Å². The molecule has 0 saturated carbocycles. The smallest absolute Gasteiger partial charge is 0.470 e. The molecule has 2 aromatic heterocycles. The van der Waals surface area contributed by atoms with E-state index in [0.717, 1.165) is 10.6 Å². The fourth-order valence-electron chi connectivity index (χ4n) is 2.52. The molecule has 0 bridgehead atoms. The summed E-state index contributed by atoms with van der Waals surface area (Å²) in [5.41, 5.74) is 1.02. The van der Waals surface area contributed by atoms with Crippen LogP contribution in [0.15, 0.2) is 47.1 Å². The number of halogens is 3. The van der Waals surface area contributed by atoms with E-state index in [1.165, 1.54) is 37.7 Å². The number of sulfonamides is 1. The largest absolute Gasteiger partial charge is 0.496 e. The van der Waals surface area contributed by atoms with Gasteiger partial charge in [-0.2, -0.15) is 13.2 Å². The van der Waals surface area contributed by atoms with Crippen LogP contribution in [0.25, 0.3) is 11.5 Å². The average molecular weight is 428 g/mol. The van der Waals surface area contributed by atoms with Crippen LogP contribution in [0.5, 0.6) is 5.75 Å². The molecule has 0 unspecified atom stereocenters. The maximum Gasteiger partial charge on any atom is 0.470 e. The Morgan fingerprint density at radius 2 is 1.97 bits per heavy atom. The summed E-state index contributed by atoms with van der Waals surface area (Å²) in [6.07, 6.45) is -0.787. The Morgan fingerprint density at radius 1 is 1.21 bits per heavy atom. The van der Waals surface area contributed by atoms with E-state index in [0.29, 0.717) is 11.3 Å². The molecule has 8 nitrogen and oxygen atoms in total. The van der Waals surface area contributed by atoms with Gasteiger partial charge < -0.3 is 9.15 Å². The lowest BCUT2D eigenvalue weighted by atomic mass is 10.1. The van der Waals surface area contributed by atoms with Crippen LogP contribution in [-0.2, 0) is 22.7 Å².